The van der Waals surface area contributed by atoms with Gasteiger partial charge in [0.2, 0.25) is 0 Å². The first-order valence-electron chi connectivity index (χ1n) is 11.6. The van der Waals surface area contributed by atoms with Crippen molar-refractivity contribution in [3.8, 4) is 5.69 Å². The largest absolute Gasteiger partial charge is 0.333 e. The molecule has 1 unspecified atom stereocenters. The minimum absolute atomic E-state index is 0.0927. The molecule has 182 valence electrons. The summed E-state index contributed by atoms with van der Waals surface area (Å²) in [6, 6.07) is 10.5. The zero-order valence-electron chi connectivity index (χ0n) is 20.4. The Morgan fingerprint density at radius 2 is 1.91 bits per heavy atom. The van der Waals surface area contributed by atoms with Crippen LogP contribution in [0.3, 0.4) is 0 Å². The molecule has 6 nitrogen and oxygen atoms in total. The molecule has 1 aromatic heterocycles. The standard InChI is InChI=1S/C26H32ClFN4O2/c1-6-8-15-31(25(34)30-26(3,4)5)22(7-2)23-29-21-12-10-9-11-18(21)24(33)32(23)17-13-14-20(28)19(27)16-17/h9-14,16,22H,6-8,15H2,1-5H3,(H,30,34). The zero-order valence-corrected chi connectivity index (χ0v) is 21.1. The predicted octanol–water partition coefficient (Wildman–Crippen LogP) is 6.24. The minimum atomic E-state index is -0.574. The highest BCUT2D eigenvalue weighted by Crippen LogP contribution is 2.28. The molecule has 2 aromatic carbocycles. The van der Waals surface area contributed by atoms with Gasteiger partial charge in [0.1, 0.15) is 11.6 Å². The molecule has 0 aliphatic carbocycles. The van der Waals surface area contributed by atoms with Crippen LogP contribution in [0.4, 0.5) is 9.18 Å². The van der Waals surface area contributed by atoms with Crippen LogP contribution in [0.25, 0.3) is 16.6 Å². The normalized spacial score (nSPS) is 12.6. The summed E-state index contributed by atoms with van der Waals surface area (Å²) in [5.41, 5.74) is 0.209. The highest BCUT2D eigenvalue weighted by molar-refractivity contribution is 6.30. The summed E-state index contributed by atoms with van der Waals surface area (Å²) in [5.74, 6) is -0.163. The second kappa shape index (κ2) is 10.6. The molecule has 0 saturated heterocycles. The van der Waals surface area contributed by atoms with Crippen LogP contribution in [0.5, 0.6) is 0 Å². The fourth-order valence-corrected chi connectivity index (χ4v) is 4.08. The highest BCUT2D eigenvalue weighted by atomic mass is 35.5. The van der Waals surface area contributed by atoms with E-state index in [2.05, 4.69) is 12.2 Å². The predicted molar refractivity (Wildman–Crippen MR) is 135 cm³/mol. The molecule has 0 fully saturated rings. The topological polar surface area (TPSA) is 67.2 Å². The number of aromatic nitrogens is 2. The smallest absolute Gasteiger partial charge is 0.318 e. The molecular formula is C26H32ClFN4O2. The second-order valence-corrected chi connectivity index (χ2v) is 9.78. The van der Waals surface area contributed by atoms with Crippen LogP contribution < -0.4 is 10.9 Å². The number of hydrogen-bond donors (Lipinski definition) is 1. The average Bonchev–Trinajstić information content (AvgIpc) is 2.77. The lowest BCUT2D eigenvalue weighted by Gasteiger charge is -2.35. The fraction of sp³-hybridized carbons (Fsp3) is 0.423. The Bertz CT molecular complexity index is 1240. The van der Waals surface area contributed by atoms with Gasteiger partial charge in [-0.1, -0.05) is 44.0 Å². The number of nitrogens with zero attached hydrogens (tertiary/aromatic N) is 3. The lowest BCUT2D eigenvalue weighted by atomic mass is 10.1. The molecular weight excluding hydrogens is 455 g/mol. The summed E-state index contributed by atoms with van der Waals surface area (Å²) < 4.78 is 15.4. The highest BCUT2D eigenvalue weighted by Gasteiger charge is 2.30. The van der Waals surface area contributed by atoms with Crippen LogP contribution in [-0.4, -0.2) is 32.6 Å². The van der Waals surface area contributed by atoms with Gasteiger partial charge in [-0.05, 0) is 63.9 Å². The Hall–Kier alpha value is -2.93. The van der Waals surface area contributed by atoms with Gasteiger partial charge in [-0.25, -0.2) is 14.2 Å². The van der Waals surface area contributed by atoms with Crippen molar-refractivity contribution in [1.82, 2.24) is 19.8 Å². The van der Waals surface area contributed by atoms with Crippen LogP contribution in [0, 0.1) is 5.82 Å². The van der Waals surface area contributed by atoms with Crippen molar-refractivity contribution in [2.24, 2.45) is 0 Å². The maximum Gasteiger partial charge on any atom is 0.318 e. The molecule has 1 atom stereocenters. The van der Waals surface area contributed by atoms with E-state index in [9.17, 15) is 14.0 Å². The number of nitrogens with one attached hydrogen (secondary N) is 1. The van der Waals surface area contributed by atoms with E-state index >= 15 is 0 Å². The fourth-order valence-electron chi connectivity index (χ4n) is 3.91. The molecule has 8 heteroatoms. The lowest BCUT2D eigenvalue weighted by Crippen LogP contribution is -2.50. The SMILES string of the molecule is CCCCN(C(=O)NC(C)(C)C)C(CC)c1nc2ccccc2c(=O)n1-c1ccc(F)c(Cl)c1. The van der Waals surface area contributed by atoms with Gasteiger partial charge in [-0.15, -0.1) is 0 Å². The summed E-state index contributed by atoms with van der Waals surface area (Å²) in [7, 11) is 0. The third kappa shape index (κ3) is 5.58. The van der Waals surface area contributed by atoms with E-state index in [0.717, 1.165) is 12.8 Å². The van der Waals surface area contributed by atoms with Crippen LogP contribution in [0.1, 0.15) is 65.7 Å². The van der Waals surface area contributed by atoms with Crippen molar-refractivity contribution in [3.63, 3.8) is 0 Å². The number of unbranched alkanes of at least 4 members (excludes halogenated alkanes) is 1. The summed E-state index contributed by atoms with van der Waals surface area (Å²) >= 11 is 6.07. The van der Waals surface area contributed by atoms with Crippen molar-refractivity contribution in [2.45, 2.75) is 65.5 Å². The summed E-state index contributed by atoms with van der Waals surface area (Å²) in [4.78, 5) is 33.6. The Morgan fingerprint density at radius 1 is 1.21 bits per heavy atom. The van der Waals surface area contributed by atoms with Crippen LogP contribution >= 0.6 is 11.6 Å². The van der Waals surface area contributed by atoms with Crippen molar-refractivity contribution in [2.75, 3.05) is 6.54 Å². The number of para-hydroxylation sites is 1. The number of benzene rings is 2. The number of urea groups is 1. The Kier molecular flexibility index (Phi) is 7.97. The minimum Gasteiger partial charge on any atom is -0.333 e. The number of hydrogen-bond acceptors (Lipinski definition) is 3. The van der Waals surface area contributed by atoms with Crippen LogP contribution in [-0.2, 0) is 0 Å². The Balaban J connectivity index is 2.27. The molecule has 1 heterocycles. The van der Waals surface area contributed by atoms with Gasteiger partial charge in [0.05, 0.1) is 27.7 Å². The van der Waals surface area contributed by atoms with Gasteiger partial charge in [0.15, 0.2) is 0 Å². The first-order chi connectivity index (χ1) is 16.1. The van der Waals surface area contributed by atoms with Gasteiger partial charge in [-0.3, -0.25) is 9.36 Å². The van der Waals surface area contributed by atoms with E-state index < -0.39 is 17.4 Å². The molecule has 0 aliphatic heterocycles. The summed E-state index contributed by atoms with van der Waals surface area (Å²) in [6.07, 6.45) is 2.23. The molecule has 3 aromatic rings. The van der Waals surface area contributed by atoms with E-state index in [1.54, 1.807) is 23.1 Å². The second-order valence-electron chi connectivity index (χ2n) is 9.38. The van der Waals surface area contributed by atoms with Crippen LogP contribution in [0.15, 0.2) is 47.3 Å². The number of fused-ring (bicyclic) bond motifs is 1. The van der Waals surface area contributed by atoms with E-state index in [1.165, 1.54) is 22.8 Å². The van der Waals surface area contributed by atoms with Gasteiger partial charge in [0, 0.05) is 12.1 Å². The molecule has 0 aliphatic rings. The molecule has 0 saturated carbocycles. The maximum absolute atomic E-state index is 13.9. The van der Waals surface area contributed by atoms with Gasteiger partial charge in [-0.2, -0.15) is 0 Å². The summed E-state index contributed by atoms with van der Waals surface area (Å²) in [5, 5.41) is 3.38. The van der Waals surface area contributed by atoms with Gasteiger partial charge in [0.25, 0.3) is 5.56 Å². The van der Waals surface area contributed by atoms with Crippen molar-refractivity contribution < 1.29 is 9.18 Å². The third-order valence-electron chi connectivity index (χ3n) is 5.52. The number of carbonyl (C=O) groups excluding carboxylic acids is 1. The lowest BCUT2D eigenvalue weighted by molar-refractivity contribution is 0.159. The van der Waals surface area contributed by atoms with Crippen molar-refractivity contribution in [1.29, 1.82) is 0 Å². The van der Waals surface area contributed by atoms with Crippen LogP contribution in [0.2, 0.25) is 5.02 Å². The molecule has 1 N–H and O–H groups in total. The first-order valence-corrected chi connectivity index (χ1v) is 12.0. The Morgan fingerprint density at radius 3 is 2.53 bits per heavy atom. The molecule has 2 amide bonds. The number of rotatable bonds is 7. The first kappa shape index (κ1) is 25.7. The van der Waals surface area contributed by atoms with Crippen molar-refractivity contribution in [3.05, 3.63) is 69.5 Å². The number of carbonyl (C=O) groups is 1. The molecule has 0 radical (unpaired) electrons. The van der Waals surface area contributed by atoms with E-state index in [4.69, 9.17) is 16.6 Å². The summed E-state index contributed by atoms with van der Waals surface area (Å²) in [6.45, 7) is 10.3. The molecule has 3 rings (SSSR count). The molecule has 34 heavy (non-hydrogen) atoms. The van der Waals surface area contributed by atoms with Gasteiger partial charge < -0.3 is 10.2 Å². The van der Waals surface area contributed by atoms with Gasteiger partial charge >= 0.3 is 6.03 Å². The Labute approximate surface area is 204 Å². The number of halogens is 2. The number of amides is 2. The van der Waals surface area contributed by atoms with E-state index in [0.29, 0.717) is 35.4 Å². The molecule has 0 spiro atoms. The van der Waals surface area contributed by atoms with E-state index in [-0.39, 0.29) is 16.6 Å². The van der Waals surface area contributed by atoms with E-state index in [1.807, 2.05) is 33.8 Å². The quantitative estimate of drug-likeness (QED) is 0.430. The maximum atomic E-state index is 13.9. The molecule has 0 bridgehead atoms. The average molecular weight is 487 g/mol. The third-order valence-corrected chi connectivity index (χ3v) is 5.81. The van der Waals surface area contributed by atoms with Crippen molar-refractivity contribution >= 4 is 28.5 Å². The zero-order chi connectivity index (χ0) is 25.0. The monoisotopic (exact) mass is 486 g/mol.